The van der Waals surface area contributed by atoms with Crippen LogP contribution in [0.5, 0.6) is 0 Å². The minimum atomic E-state index is -2.75. The van der Waals surface area contributed by atoms with Gasteiger partial charge < -0.3 is 0 Å². The zero-order valence-electron chi connectivity index (χ0n) is 9.03. The Morgan fingerprint density at radius 3 is 2.29 bits per heavy atom. The van der Waals surface area contributed by atoms with Crippen LogP contribution in [0.25, 0.3) is 0 Å². The Balaban J connectivity index is 3.08. The van der Waals surface area contributed by atoms with Crippen molar-refractivity contribution in [2.75, 3.05) is 0 Å². The number of hydrogen-bond donors (Lipinski definition) is 2. The quantitative estimate of drug-likeness (QED) is 0.514. The predicted octanol–water partition coefficient (Wildman–Crippen LogP) is 3.74. The van der Waals surface area contributed by atoms with Gasteiger partial charge in [-0.2, -0.15) is 0 Å². The lowest BCUT2D eigenvalue weighted by Gasteiger charge is -2.41. The third-order valence-corrected chi connectivity index (χ3v) is 4.68. The number of rotatable bonds is 1. The summed E-state index contributed by atoms with van der Waals surface area (Å²) in [5, 5.41) is 0. The Morgan fingerprint density at radius 1 is 1.36 bits per heavy atom. The van der Waals surface area contributed by atoms with Gasteiger partial charge >= 0.3 is 0 Å². The molecule has 1 aliphatic rings. The summed E-state index contributed by atoms with van der Waals surface area (Å²) in [6.07, 6.45) is 5.37. The van der Waals surface area contributed by atoms with Gasteiger partial charge in [-0.3, -0.25) is 9.11 Å². The Hall–Kier alpha value is -0.600. The van der Waals surface area contributed by atoms with E-state index in [0.29, 0.717) is 4.91 Å². The summed E-state index contributed by atoms with van der Waals surface area (Å²) in [6, 6.07) is 0. The summed E-state index contributed by atoms with van der Waals surface area (Å²) >= 11 is 0. The van der Waals surface area contributed by atoms with Crippen LogP contribution in [0.15, 0.2) is 28.9 Å². The maximum absolute atomic E-state index is 10.0. The summed E-state index contributed by atoms with van der Waals surface area (Å²) in [7, 11) is -2.75. The zero-order valence-corrected chi connectivity index (χ0v) is 9.85. The van der Waals surface area contributed by atoms with E-state index in [1.807, 2.05) is 33.8 Å². The molecule has 0 heterocycles. The van der Waals surface area contributed by atoms with E-state index < -0.39 is 15.3 Å². The summed E-state index contributed by atoms with van der Waals surface area (Å²) in [6.45, 7) is 7.39. The van der Waals surface area contributed by atoms with Gasteiger partial charge in [0.15, 0.2) is 0 Å². The second kappa shape index (κ2) is 3.52. The molecule has 2 N–H and O–H groups in total. The number of hydrogen-bond acceptors (Lipinski definition) is 2. The summed E-state index contributed by atoms with van der Waals surface area (Å²) in [5.74, 6) is 1.07. The molecular formula is C11H17O2S+. The largest absolute Gasteiger partial charge is 0.292 e. The minimum Gasteiger partial charge on any atom is -0.292 e. The molecule has 0 aromatic rings. The van der Waals surface area contributed by atoms with Crippen molar-refractivity contribution in [2.24, 2.45) is 0 Å². The lowest BCUT2D eigenvalue weighted by Crippen LogP contribution is -2.24. The van der Waals surface area contributed by atoms with Crippen LogP contribution in [0.4, 0.5) is 0 Å². The Labute approximate surface area is 87.4 Å². The van der Waals surface area contributed by atoms with Crippen molar-refractivity contribution >= 4 is 10.6 Å². The molecule has 0 bridgehead atoms. The Bertz CT molecular complexity index is 315. The Morgan fingerprint density at radius 2 is 1.93 bits per heavy atom. The second-order valence-electron chi connectivity index (χ2n) is 4.39. The van der Waals surface area contributed by atoms with Crippen molar-refractivity contribution in [1.82, 2.24) is 0 Å². The first kappa shape index (κ1) is 11.5. The van der Waals surface area contributed by atoms with Crippen LogP contribution in [-0.4, -0.2) is 13.9 Å². The molecule has 0 fully saturated rings. The van der Waals surface area contributed by atoms with Crippen LogP contribution in [0, 0.1) is 5.92 Å². The first-order valence-corrected chi connectivity index (χ1v) is 6.06. The molecule has 1 rings (SSSR count). The molecule has 0 unspecified atom stereocenters. The average Bonchev–Trinajstić information content (AvgIpc) is 2.03. The highest BCUT2D eigenvalue weighted by molar-refractivity contribution is 8.28. The van der Waals surface area contributed by atoms with Gasteiger partial charge in [0.1, 0.15) is 6.08 Å². The lowest BCUT2D eigenvalue weighted by atomic mass is 10.1. The van der Waals surface area contributed by atoms with Gasteiger partial charge in [-0.15, -0.1) is 10.6 Å². The van der Waals surface area contributed by atoms with Gasteiger partial charge in [-0.25, -0.2) is 0 Å². The molecule has 78 valence electrons. The molecule has 0 spiro atoms. The van der Waals surface area contributed by atoms with E-state index >= 15 is 0 Å². The fourth-order valence-electron chi connectivity index (χ4n) is 0.995. The fourth-order valence-corrected chi connectivity index (χ4v) is 2.14. The summed E-state index contributed by atoms with van der Waals surface area (Å²) < 4.78 is 19.5. The standard InChI is InChI=1S/C11H16O2S/c1-9-5-7-10(8-6-9)14(12,13)11(2,3)4/h5-7H,1-4H3,(H-,12,13)/p+1. The first-order valence-electron chi connectivity index (χ1n) is 4.51. The molecule has 0 saturated carbocycles. The molecule has 0 radical (unpaired) electrons. The van der Waals surface area contributed by atoms with Gasteiger partial charge in [0.05, 0.1) is 28.5 Å². The van der Waals surface area contributed by atoms with Crippen molar-refractivity contribution in [3.05, 3.63) is 34.8 Å². The molecule has 14 heavy (non-hydrogen) atoms. The van der Waals surface area contributed by atoms with E-state index in [-0.39, 0.29) is 0 Å². The molecule has 0 amide bonds. The third kappa shape index (κ3) is 2.07. The van der Waals surface area contributed by atoms with Crippen LogP contribution in [0.3, 0.4) is 0 Å². The average molecular weight is 213 g/mol. The van der Waals surface area contributed by atoms with Crippen molar-refractivity contribution in [3.63, 3.8) is 0 Å². The molecule has 0 aromatic heterocycles. The first-order chi connectivity index (χ1) is 6.25. The predicted molar refractivity (Wildman–Crippen MR) is 62.3 cm³/mol. The van der Waals surface area contributed by atoms with Crippen molar-refractivity contribution in [3.8, 4) is 0 Å². The molecule has 2 nitrogen and oxygen atoms in total. The van der Waals surface area contributed by atoms with Crippen LogP contribution < -0.4 is 0 Å². The highest BCUT2D eigenvalue weighted by Gasteiger charge is 2.36. The molecular weight excluding hydrogens is 196 g/mol. The van der Waals surface area contributed by atoms with Crippen LogP contribution in [-0.2, 0) is 0 Å². The van der Waals surface area contributed by atoms with Crippen molar-refractivity contribution in [2.45, 2.75) is 32.4 Å². The van der Waals surface area contributed by atoms with Gasteiger partial charge in [0, 0.05) is 6.92 Å². The van der Waals surface area contributed by atoms with Gasteiger partial charge in [0.25, 0.3) is 0 Å². The fraction of sp³-hybridized carbons (Fsp3) is 0.455. The summed E-state index contributed by atoms with van der Waals surface area (Å²) in [4.78, 5) is 0.496. The maximum atomic E-state index is 10.0. The molecule has 1 aliphatic carbocycles. The topological polar surface area (TPSA) is 40.5 Å². The van der Waals surface area contributed by atoms with Crippen LogP contribution >= 0.6 is 10.6 Å². The maximum Gasteiger partial charge on any atom is 0.222 e. The molecule has 0 aromatic carbocycles. The van der Waals surface area contributed by atoms with E-state index in [9.17, 15) is 9.11 Å². The minimum absolute atomic E-state index is 0.496. The van der Waals surface area contributed by atoms with E-state index in [2.05, 4.69) is 5.73 Å². The Kier molecular flexibility index (Phi) is 2.88. The van der Waals surface area contributed by atoms with E-state index in [0.717, 1.165) is 5.92 Å². The number of allylic oxidation sites excluding steroid dienone is 2. The van der Waals surface area contributed by atoms with E-state index in [4.69, 9.17) is 0 Å². The van der Waals surface area contributed by atoms with Gasteiger partial charge in [-0.05, 0) is 20.8 Å². The van der Waals surface area contributed by atoms with Crippen molar-refractivity contribution in [1.29, 1.82) is 0 Å². The molecule has 3 heteroatoms. The zero-order chi connectivity index (χ0) is 11.0. The summed E-state index contributed by atoms with van der Waals surface area (Å²) in [5.41, 5.74) is 2.92. The van der Waals surface area contributed by atoms with E-state index in [1.54, 1.807) is 12.2 Å². The highest BCUT2D eigenvalue weighted by atomic mass is 32.3. The lowest BCUT2D eigenvalue weighted by molar-refractivity contribution is 0.460. The van der Waals surface area contributed by atoms with Gasteiger partial charge in [-0.1, -0.05) is 0 Å². The SMILES string of the molecule is C[C+]1C=C=C(S(O)(O)C(C)(C)C)C=C1. The highest BCUT2D eigenvalue weighted by Crippen LogP contribution is 2.58. The normalized spacial score (nSPS) is 18.4. The van der Waals surface area contributed by atoms with E-state index in [1.165, 1.54) is 0 Å². The van der Waals surface area contributed by atoms with Crippen molar-refractivity contribution < 1.29 is 9.11 Å². The third-order valence-electron chi connectivity index (χ3n) is 2.10. The van der Waals surface area contributed by atoms with Crippen LogP contribution in [0.1, 0.15) is 27.7 Å². The molecule has 0 saturated heterocycles. The van der Waals surface area contributed by atoms with Crippen LogP contribution in [0.2, 0.25) is 0 Å². The second-order valence-corrected chi connectivity index (χ2v) is 7.15. The smallest absolute Gasteiger partial charge is 0.222 e. The molecule has 0 atom stereocenters. The molecule has 0 aliphatic heterocycles. The monoisotopic (exact) mass is 213 g/mol. The van der Waals surface area contributed by atoms with Gasteiger partial charge in [0.2, 0.25) is 4.91 Å².